The highest BCUT2D eigenvalue weighted by molar-refractivity contribution is 5.21. The predicted molar refractivity (Wildman–Crippen MR) is 67.0 cm³/mol. The molecule has 1 nitrogen and oxygen atoms in total. The molecule has 0 radical (unpaired) electrons. The van der Waals surface area contributed by atoms with Gasteiger partial charge in [-0.2, -0.15) is 0 Å². The van der Waals surface area contributed by atoms with Crippen LogP contribution in [0.2, 0.25) is 0 Å². The summed E-state index contributed by atoms with van der Waals surface area (Å²) in [5.41, 5.74) is 2.76. The second kappa shape index (κ2) is 8.07. The van der Waals surface area contributed by atoms with E-state index < -0.39 is 0 Å². The molecule has 0 aliphatic rings. The van der Waals surface area contributed by atoms with Crippen LogP contribution in [0.4, 0.5) is 0 Å². The Hall–Kier alpha value is -0.0900. The minimum absolute atomic E-state index is 0. The van der Waals surface area contributed by atoms with E-state index in [4.69, 9.17) is 0 Å². The molecule has 92 valence electrons. The van der Waals surface area contributed by atoms with Gasteiger partial charge >= 0.3 is 0 Å². The number of halogens is 1. The fourth-order valence-electron chi connectivity index (χ4n) is 1.77. The fourth-order valence-corrected chi connectivity index (χ4v) is 1.77. The van der Waals surface area contributed by atoms with Gasteiger partial charge < -0.3 is 24.0 Å². The number of benzene rings is 1. The second-order valence-electron chi connectivity index (χ2n) is 4.31. The summed E-state index contributed by atoms with van der Waals surface area (Å²) in [5, 5.41) is 0. The molecule has 1 unspecified atom stereocenters. The van der Waals surface area contributed by atoms with Crippen LogP contribution in [0.5, 0.6) is 0 Å². The van der Waals surface area contributed by atoms with Crippen LogP contribution >= 0.6 is 0 Å². The Morgan fingerprint density at radius 3 is 2.12 bits per heavy atom. The lowest BCUT2D eigenvalue weighted by atomic mass is 10.1. The van der Waals surface area contributed by atoms with Crippen molar-refractivity contribution in [2.45, 2.75) is 46.7 Å². The summed E-state index contributed by atoms with van der Waals surface area (Å²) in [4.78, 5) is 2.52. The molecule has 0 aliphatic carbocycles. The van der Waals surface area contributed by atoms with E-state index in [9.17, 15) is 0 Å². The van der Waals surface area contributed by atoms with Crippen molar-refractivity contribution < 1.29 is 24.0 Å². The molecule has 0 amide bonds. The number of aryl methyl sites for hydroxylation is 1. The van der Waals surface area contributed by atoms with Crippen LogP contribution in [0.25, 0.3) is 0 Å². The van der Waals surface area contributed by atoms with Gasteiger partial charge in [0.2, 0.25) is 0 Å². The lowest BCUT2D eigenvalue weighted by molar-refractivity contribution is -0.00000346. The molecule has 0 aromatic heterocycles. The average Bonchev–Trinajstić information content (AvgIpc) is 2.27. The van der Waals surface area contributed by atoms with Crippen molar-refractivity contribution in [2.24, 2.45) is 0 Å². The van der Waals surface area contributed by atoms with E-state index >= 15 is 0 Å². The fraction of sp³-hybridized carbons (Fsp3) is 0.571. The van der Waals surface area contributed by atoms with Crippen molar-refractivity contribution in [2.75, 3.05) is 6.54 Å². The molecular weight excluding hydrogens is 309 g/mol. The van der Waals surface area contributed by atoms with E-state index in [0.717, 1.165) is 13.1 Å². The van der Waals surface area contributed by atoms with Crippen LogP contribution in [0.1, 0.15) is 38.3 Å². The Morgan fingerprint density at radius 2 is 1.69 bits per heavy atom. The predicted octanol–water partition coefficient (Wildman–Crippen LogP) is 0.619. The molecule has 0 bridgehead atoms. The maximum Gasteiger partial charge on any atom is 0.0236 e. The third kappa shape index (κ3) is 4.83. The lowest BCUT2D eigenvalue weighted by Gasteiger charge is -2.26. The minimum atomic E-state index is 0. The van der Waals surface area contributed by atoms with E-state index in [-0.39, 0.29) is 24.0 Å². The monoisotopic (exact) mass is 332 g/mol. The average molecular weight is 332 g/mol. The SMILES string of the molecule is CCC(C)N(CC)Cc1ccc(C)cc1.[I-]. The highest BCUT2D eigenvalue weighted by atomic mass is 127. The molecular formula is C14H23IN-. The first-order valence-electron chi connectivity index (χ1n) is 5.97. The van der Waals surface area contributed by atoms with Crippen LogP contribution in [0.3, 0.4) is 0 Å². The van der Waals surface area contributed by atoms with Crippen LogP contribution in [-0.2, 0) is 6.54 Å². The van der Waals surface area contributed by atoms with Crippen molar-refractivity contribution in [3.63, 3.8) is 0 Å². The Kier molecular flexibility index (Phi) is 8.02. The van der Waals surface area contributed by atoms with Gasteiger partial charge in [-0.1, -0.05) is 43.7 Å². The number of hydrogen-bond acceptors (Lipinski definition) is 1. The molecule has 2 heteroatoms. The van der Waals surface area contributed by atoms with Crippen molar-refractivity contribution in [3.8, 4) is 0 Å². The summed E-state index contributed by atoms with van der Waals surface area (Å²) in [6, 6.07) is 9.54. The third-order valence-corrected chi connectivity index (χ3v) is 3.13. The Labute approximate surface area is 117 Å². The van der Waals surface area contributed by atoms with E-state index in [1.807, 2.05) is 0 Å². The zero-order valence-electron chi connectivity index (χ0n) is 10.8. The van der Waals surface area contributed by atoms with Crippen LogP contribution < -0.4 is 24.0 Å². The van der Waals surface area contributed by atoms with Crippen molar-refractivity contribution in [3.05, 3.63) is 35.4 Å². The summed E-state index contributed by atoms with van der Waals surface area (Å²) in [5.74, 6) is 0. The molecule has 16 heavy (non-hydrogen) atoms. The summed E-state index contributed by atoms with van der Waals surface area (Å²) < 4.78 is 0. The largest absolute Gasteiger partial charge is 1.00 e. The molecule has 0 N–H and O–H groups in total. The normalized spacial score (nSPS) is 12.3. The molecule has 1 aromatic rings. The van der Waals surface area contributed by atoms with Crippen LogP contribution in [-0.4, -0.2) is 17.5 Å². The van der Waals surface area contributed by atoms with Gasteiger partial charge in [0.25, 0.3) is 0 Å². The summed E-state index contributed by atoms with van der Waals surface area (Å²) in [6.45, 7) is 11.1. The quantitative estimate of drug-likeness (QED) is 0.715. The van der Waals surface area contributed by atoms with Gasteiger partial charge in [-0.05, 0) is 32.4 Å². The van der Waals surface area contributed by atoms with E-state index in [1.54, 1.807) is 0 Å². The molecule has 1 atom stereocenters. The van der Waals surface area contributed by atoms with Gasteiger partial charge in [-0.25, -0.2) is 0 Å². The second-order valence-corrected chi connectivity index (χ2v) is 4.31. The van der Waals surface area contributed by atoms with Crippen molar-refractivity contribution in [1.29, 1.82) is 0 Å². The molecule has 0 heterocycles. The first-order valence-corrected chi connectivity index (χ1v) is 5.97. The molecule has 0 aliphatic heterocycles. The van der Waals surface area contributed by atoms with E-state index in [1.165, 1.54) is 17.5 Å². The zero-order valence-corrected chi connectivity index (χ0v) is 13.0. The molecule has 0 saturated carbocycles. The third-order valence-electron chi connectivity index (χ3n) is 3.13. The van der Waals surface area contributed by atoms with Gasteiger partial charge in [0, 0.05) is 12.6 Å². The highest BCUT2D eigenvalue weighted by Crippen LogP contribution is 2.11. The minimum Gasteiger partial charge on any atom is -1.00 e. The number of hydrogen-bond donors (Lipinski definition) is 0. The van der Waals surface area contributed by atoms with Crippen LogP contribution in [0, 0.1) is 6.92 Å². The first kappa shape index (κ1) is 15.9. The highest BCUT2D eigenvalue weighted by Gasteiger charge is 2.09. The van der Waals surface area contributed by atoms with Gasteiger partial charge in [-0.15, -0.1) is 0 Å². The van der Waals surface area contributed by atoms with Gasteiger partial charge in [0.15, 0.2) is 0 Å². The van der Waals surface area contributed by atoms with Crippen LogP contribution in [0.15, 0.2) is 24.3 Å². The lowest BCUT2D eigenvalue weighted by Crippen LogP contribution is -3.00. The molecule has 1 aromatic carbocycles. The van der Waals surface area contributed by atoms with E-state index in [2.05, 4.69) is 56.9 Å². The molecule has 0 spiro atoms. The Balaban J connectivity index is 0.00000225. The van der Waals surface area contributed by atoms with E-state index in [0.29, 0.717) is 6.04 Å². The van der Waals surface area contributed by atoms with Gasteiger partial charge in [-0.3, -0.25) is 4.90 Å². The number of rotatable bonds is 5. The molecule has 0 fully saturated rings. The van der Waals surface area contributed by atoms with Gasteiger partial charge in [0.1, 0.15) is 0 Å². The summed E-state index contributed by atoms with van der Waals surface area (Å²) >= 11 is 0. The maximum atomic E-state index is 2.52. The van der Waals surface area contributed by atoms with Gasteiger partial charge in [0.05, 0.1) is 0 Å². The molecule has 0 saturated heterocycles. The number of nitrogens with zero attached hydrogens (tertiary/aromatic N) is 1. The molecule has 1 rings (SSSR count). The topological polar surface area (TPSA) is 3.24 Å². The summed E-state index contributed by atoms with van der Waals surface area (Å²) in [7, 11) is 0. The smallest absolute Gasteiger partial charge is 0.0236 e. The Bertz CT molecular complexity index is 281. The van der Waals surface area contributed by atoms with Crippen molar-refractivity contribution in [1.82, 2.24) is 4.90 Å². The van der Waals surface area contributed by atoms with Crippen molar-refractivity contribution >= 4 is 0 Å². The first-order chi connectivity index (χ1) is 7.17. The maximum absolute atomic E-state index is 2.52. The zero-order chi connectivity index (χ0) is 11.3. The Morgan fingerprint density at radius 1 is 1.12 bits per heavy atom. The summed E-state index contributed by atoms with van der Waals surface area (Å²) in [6.07, 6.45) is 1.22. The standard InChI is InChI=1S/C14H23N.HI/c1-5-13(4)15(6-2)11-14-9-7-12(3)8-10-14;/h7-10,13H,5-6,11H2,1-4H3;1H/p-1.